The third kappa shape index (κ3) is 2.99. The van der Waals surface area contributed by atoms with Crippen molar-refractivity contribution in [2.24, 2.45) is 5.73 Å². The Morgan fingerprint density at radius 2 is 2.00 bits per heavy atom. The molecule has 0 unspecified atom stereocenters. The minimum atomic E-state index is 0.282. The summed E-state index contributed by atoms with van der Waals surface area (Å²) in [5.41, 5.74) is 8.29. The van der Waals surface area contributed by atoms with Crippen molar-refractivity contribution in [3.63, 3.8) is 0 Å². The van der Waals surface area contributed by atoms with Crippen LogP contribution in [0.4, 0.5) is 4.39 Å². The number of hydrogen-bond donors (Lipinski definition) is 1. The number of halogens is 1. The van der Waals surface area contributed by atoms with E-state index >= 15 is 0 Å². The molecule has 70 valence electrons. The Balaban J connectivity index is 2.69. The molecule has 0 aliphatic heterocycles. The van der Waals surface area contributed by atoms with Gasteiger partial charge in [-0.15, -0.1) is 0 Å². The van der Waals surface area contributed by atoms with Gasteiger partial charge in [0.1, 0.15) is 0 Å². The highest BCUT2D eigenvalue weighted by molar-refractivity contribution is 5.25. The van der Waals surface area contributed by atoms with Gasteiger partial charge in [0.05, 0.1) is 6.33 Å². The van der Waals surface area contributed by atoms with E-state index in [1.807, 2.05) is 31.2 Å². The lowest BCUT2D eigenvalue weighted by Gasteiger charge is -2.02. The average Bonchev–Trinajstić information content (AvgIpc) is 2.17. The number of rotatable bonds is 3. The van der Waals surface area contributed by atoms with Crippen LogP contribution in [0.15, 0.2) is 36.2 Å². The van der Waals surface area contributed by atoms with Gasteiger partial charge in [-0.25, -0.2) is 4.39 Å². The number of nitrogens with two attached hydrogens (primary N) is 1. The minimum absolute atomic E-state index is 0.282. The fourth-order valence-electron chi connectivity index (χ4n) is 1.12. The first-order chi connectivity index (χ1) is 6.26. The van der Waals surface area contributed by atoms with E-state index in [0.29, 0.717) is 18.3 Å². The second kappa shape index (κ2) is 4.77. The lowest BCUT2D eigenvalue weighted by atomic mass is 10.1. The zero-order chi connectivity index (χ0) is 9.68. The van der Waals surface area contributed by atoms with Gasteiger partial charge in [0.2, 0.25) is 0 Å². The molecule has 0 saturated heterocycles. The van der Waals surface area contributed by atoms with Gasteiger partial charge in [0, 0.05) is 6.54 Å². The van der Waals surface area contributed by atoms with Crippen LogP contribution in [0.1, 0.15) is 11.1 Å². The molecule has 0 saturated carbocycles. The molecule has 2 N–H and O–H groups in total. The molecular formula is C11H14FN. The fourth-order valence-corrected chi connectivity index (χ4v) is 1.12. The van der Waals surface area contributed by atoms with E-state index in [-0.39, 0.29) is 6.54 Å². The maximum Gasteiger partial charge on any atom is 0.0875 e. The van der Waals surface area contributed by atoms with Crippen molar-refractivity contribution >= 4 is 0 Å². The maximum atomic E-state index is 12.2. The zero-order valence-electron chi connectivity index (χ0n) is 7.76. The molecule has 1 nitrogen and oxygen atoms in total. The third-order valence-corrected chi connectivity index (χ3v) is 1.97. The molecule has 0 fully saturated rings. The SMILES string of the molecule is Cc1ccc(C/C(=C\F)CN)cc1. The Morgan fingerprint density at radius 1 is 1.38 bits per heavy atom. The van der Waals surface area contributed by atoms with Crippen LogP contribution in [0.5, 0.6) is 0 Å². The van der Waals surface area contributed by atoms with Crippen LogP contribution < -0.4 is 5.73 Å². The van der Waals surface area contributed by atoms with Crippen LogP contribution >= 0.6 is 0 Å². The number of benzene rings is 1. The van der Waals surface area contributed by atoms with Gasteiger partial charge in [-0.05, 0) is 24.5 Å². The number of hydrogen-bond acceptors (Lipinski definition) is 1. The summed E-state index contributed by atoms with van der Waals surface area (Å²) in [6, 6.07) is 8.02. The minimum Gasteiger partial charge on any atom is -0.327 e. The van der Waals surface area contributed by atoms with Crippen molar-refractivity contribution in [3.05, 3.63) is 47.3 Å². The molecular weight excluding hydrogens is 165 g/mol. The second-order valence-electron chi connectivity index (χ2n) is 3.13. The van der Waals surface area contributed by atoms with E-state index in [1.54, 1.807) is 0 Å². The van der Waals surface area contributed by atoms with Crippen LogP contribution in [-0.2, 0) is 6.42 Å². The van der Waals surface area contributed by atoms with Gasteiger partial charge in [0.15, 0.2) is 0 Å². The summed E-state index contributed by atoms with van der Waals surface area (Å²) in [6.07, 6.45) is 1.20. The topological polar surface area (TPSA) is 26.0 Å². The highest BCUT2D eigenvalue weighted by Crippen LogP contribution is 2.08. The summed E-state index contributed by atoms with van der Waals surface area (Å²) in [4.78, 5) is 0. The van der Waals surface area contributed by atoms with E-state index in [4.69, 9.17) is 5.73 Å². The Morgan fingerprint density at radius 3 is 2.46 bits per heavy atom. The lowest BCUT2D eigenvalue weighted by molar-refractivity contribution is 0.699. The van der Waals surface area contributed by atoms with E-state index in [9.17, 15) is 4.39 Å². The molecule has 0 spiro atoms. The Bertz CT molecular complexity index is 287. The largest absolute Gasteiger partial charge is 0.327 e. The standard InChI is InChI=1S/C11H14FN/c1-9-2-4-10(5-3-9)6-11(7-12)8-13/h2-5,7H,6,8,13H2,1H3/b11-7+. The normalized spacial score (nSPS) is 11.8. The quantitative estimate of drug-likeness (QED) is 0.757. The van der Waals surface area contributed by atoms with Crippen LogP contribution in [0.2, 0.25) is 0 Å². The third-order valence-electron chi connectivity index (χ3n) is 1.97. The molecule has 0 aliphatic carbocycles. The molecule has 1 aromatic rings. The van der Waals surface area contributed by atoms with Crippen molar-refractivity contribution in [1.29, 1.82) is 0 Å². The first-order valence-electron chi connectivity index (χ1n) is 4.30. The summed E-state index contributed by atoms with van der Waals surface area (Å²) < 4.78 is 12.2. The second-order valence-corrected chi connectivity index (χ2v) is 3.13. The Kier molecular flexibility index (Phi) is 3.65. The molecule has 0 amide bonds. The van der Waals surface area contributed by atoms with Gasteiger partial charge in [-0.3, -0.25) is 0 Å². The van der Waals surface area contributed by atoms with E-state index in [2.05, 4.69) is 0 Å². The molecule has 1 aromatic carbocycles. The van der Waals surface area contributed by atoms with E-state index in [1.165, 1.54) is 5.56 Å². The molecule has 0 aliphatic rings. The molecule has 0 heterocycles. The maximum absolute atomic E-state index is 12.2. The summed E-state index contributed by atoms with van der Waals surface area (Å²) in [5.74, 6) is 0. The first-order valence-corrected chi connectivity index (χ1v) is 4.30. The van der Waals surface area contributed by atoms with Gasteiger partial charge >= 0.3 is 0 Å². The summed E-state index contributed by atoms with van der Waals surface area (Å²) in [5, 5.41) is 0. The Labute approximate surface area is 78.1 Å². The molecule has 0 radical (unpaired) electrons. The van der Waals surface area contributed by atoms with Gasteiger partial charge < -0.3 is 5.73 Å². The summed E-state index contributed by atoms with van der Waals surface area (Å²) >= 11 is 0. The van der Waals surface area contributed by atoms with E-state index < -0.39 is 0 Å². The molecule has 1 rings (SSSR count). The average molecular weight is 179 g/mol. The fraction of sp³-hybridized carbons (Fsp3) is 0.273. The number of aryl methyl sites for hydroxylation is 1. The molecule has 0 atom stereocenters. The molecule has 2 heteroatoms. The molecule has 13 heavy (non-hydrogen) atoms. The van der Waals surface area contributed by atoms with Crippen molar-refractivity contribution < 1.29 is 4.39 Å². The summed E-state index contributed by atoms with van der Waals surface area (Å²) in [7, 11) is 0. The predicted molar refractivity (Wildman–Crippen MR) is 53.1 cm³/mol. The van der Waals surface area contributed by atoms with Gasteiger partial charge in [-0.1, -0.05) is 29.8 Å². The van der Waals surface area contributed by atoms with Gasteiger partial charge in [0.25, 0.3) is 0 Å². The van der Waals surface area contributed by atoms with Crippen molar-refractivity contribution in [2.75, 3.05) is 6.54 Å². The highest BCUT2D eigenvalue weighted by Gasteiger charge is 1.97. The van der Waals surface area contributed by atoms with E-state index in [0.717, 1.165) is 5.56 Å². The predicted octanol–water partition coefficient (Wildman–Crippen LogP) is 2.35. The highest BCUT2D eigenvalue weighted by atomic mass is 19.1. The lowest BCUT2D eigenvalue weighted by Crippen LogP contribution is -2.05. The van der Waals surface area contributed by atoms with Crippen molar-refractivity contribution in [2.45, 2.75) is 13.3 Å². The smallest absolute Gasteiger partial charge is 0.0875 e. The summed E-state index contributed by atoms with van der Waals surface area (Å²) in [6.45, 7) is 2.31. The monoisotopic (exact) mass is 179 g/mol. The zero-order valence-corrected chi connectivity index (χ0v) is 7.76. The molecule has 0 bridgehead atoms. The first kappa shape index (κ1) is 9.93. The van der Waals surface area contributed by atoms with Crippen LogP contribution in [0.25, 0.3) is 0 Å². The van der Waals surface area contributed by atoms with Crippen molar-refractivity contribution in [1.82, 2.24) is 0 Å². The van der Waals surface area contributed by atoms with Crippen molar-refractivity contribution in [3.8, 4) is 0 Å². The van der Waals surface area contributed by atoms with Crippen LogP contribution in [0.3, 0.4) is 0 Å². The molecule has 0 aromatic heterocycles. The Hall–Kier alpha value is -1.15. The van der Waals surface area contributed by atoms with Gasteiger partial charge in [-0.2, -0.15) is 0 Å². The van der Waals surface area contributed by atoms with Crippen LogP contribution in [-0.4, -0.2) is 6.54 Å². The van der Waals surface area contributed by atoms with Crippen LogP contribution in [0, 0.1) is 6.92 Å².